The van der Waals surface area contributed by atoms with Crippen molar-refractivity contribution < 1.29 is 19.1 Å². The van der Waals surface area contributed by atoms with Gasteiger partial charge in [0.05, 0.1) is 15.6 Å². The monoisotopic (exact) mass is 639 g/mol. The van der Waals surface area contributed by atoms with Gasteiger partial charge in [0, 0.05) is 38.4 Å². The lowest BCUT2D eigenvalue weighted by Gasteiger charge is -2.15. The zero-order valence-electron chi connectivity index (χ0n) is 20.4. The maximum Gasteiger partial charge on any atom is 0.270 e. The molecule has 2 aliphatic rings. The fourth-order valence-corrected chi connectivity index (χ4v) is 6.31. The van der Waals surface area contributed by atoms with E-state index in [2.05, 4.69) is 21.2 Å². The standard InChI is InChI=1S/C28H19BrClN3O4S2/c1-15-19(12-25-27(35)33(28(38)39-25)17-7-8-20(29)21(30)11-17)18-4-2-3-5-22(18)32(15)13-26(34)31-16-6-9-23-24(10-16)37-14-36-23/h2-12H,13-14H2,1H3,(H,31,34)/b25-12-. The van der Waals surface area contributed by atoms with Crippen LogP contribution in [0.1, 0.15) is 11.3 Å². The summed E-state index contributed by atoms with van der Waals surface area (Å²) in [4.78, 5) is 28.5. The van der Waals surface area contributed by atoms with Crippen LogP contribution in [0.15, 0.2) is 70.0 Å². The highest BCUT2D eigenvalue weighted by molar-refractivity contribution is 9.10. The van der Waals surface area contributed by atoms with Gasteiger partial charge in [0.1, 0.15) is 6.54 Å². The summed E-state index contributed by atoms with van der Waals surface area (Å²) in [5, 5.41) is 4.36. The van der Waals surface area contributed by atoms with Gasteiger partial charge in [-0.15, -0.1) is 0 Å². The van der Waals surface area contributed by atoms with Gasteiger partial charge >= 0.3 is 0 Å². The van der Waals surface area contributed by atoms with Crippen LogP contribution in [0.5, 0.6) is 11.5 Å². The van der Waals surface area contributed by atoms with E-state index in [0.717, 1.165) is 26.6 Å². The largest absolute Gasteiger partial charge is 0.454 e. The van der Waals surface area contributed by atoms with Crippen LogP contribution in [-0.2, 0) is 16.1 Å². The van der Waals surface area contributed by atoms with Crippen LogP contribution in [0.3, 0.4) is 0 Å². The van der Waals surface area contributed by atoms with Gasteiger partial charge in [0.25, 0.3) is 5.91 Å². The van der Waals surface area contributed by atoms with Crippen molar-refractivity contribution in [2.45, 2.75) is 13.5 Å². The molecule has 3 aromatic carbocycles. The van der Waals surface area contributed by atoms with E-state index in [1.54, 1.807) is 36.4 Å². The molecule has 0 spiro atoms. The quantitative estimate of drug-likeness (QED) is 0.185. The molecular weight excluding hydrogens is 622 g/mol. The highest BCUT2D eigenvalue weighted by atomic mass is 79.9. The first-order valence-corrected chi connectivity index (χ1v) is 14.2. The molecule has 39 heavy (non-hydrogen) atoms. The second-order valence-corrected chi connectivity index (χ2v) is 11.8. The molecule has 196 valence electrons. The van der Waals surface area contributed by atoms with Crippen molar-refractivity contribution in [3.63, 3.8) is 0 Å². The number of thiocarbonyl (C=S) groups is 1. The summed E-state index contributed by atoms with van der Waals surface area (Å²) in [6.07, 6.45) is 1.85. The van der Waals surface area contributed by atoms with Gasteiger partial charge in [0.15, 0.2) is 15.8 Å². The third-order valence-corrected chi connectivity index (χ3v) is 9.00. The number of rotatable bonds is 5. The summed E-state index contributed by atoms with van der Waals surface area (Å²) in [6, 6.07) is 18.4. The number of carbonyl (C=O) groups excluding carboxylic acids is 2. The lowest BCUT2D eigenvalue weighted by molar-refractivity contribution is -0.116. The molecule has 1 fully saturated rings. The number of amides is 2. The van der Waals surface area contributed by atoms with Gasteiger partial charge in [-0.05, 0) is 65.3 Å². The molecule has 2 amide bonds. The maximum atomic E-state index is 13.4. The smallest absolute Gasteiger partial charge is 0.270 e. The van der Waals surface area contributed by atoms with E-state index in [1.807, 2.05) is 41.8 Å². The van der Waals surface area contributed by atoms with Gasteiger partial charge < -0.3 is 19.4 Å². The van der Waals surface area contributed by atoms with Crippen molar-refractivity contribution in [2.75, 3.05) is 17.0 Å². The SMILES string of the molecule is Cc1c(/C=C2\SC(=S)N(c3ccc(Br)c(Cl)c3)C2=O)c2ccccc2n1CC(=O)Nc1ccc2c(c1)OCO2. The number of fused-ring (bicyclic) bond motifs is 2. The molecule has 0 aliphatic carbocycles. The van der Waals surface area contributed by atoms with E-state index in [9.17, 15) is 9.59 Å². The number of hydrogen-bond donors (Lipinski definition) is 1. The van der Waals surface area contributed by atoms with E-state index in [1.165, 1.54) is 16.7 Å². The molecule has 1 aromatic heterocycles. The van der Waals surface area contributed by atoms with Crippen molar-refractivity contribution in [1.29, 1.82) is 0 Å². The normalized spacial score (nSPS) is 15.6. The lowest BCUT2D eigenvalue weighted by Crippen LogP contribution is -2.27. The molecule has 0 unspecified atom stereocenters. The molecule has 0 bridgehead atoms. The summed E-state index contributed by atoms with van der Waals surface area (Å²) in [6.45, 7) is 2.20. The minimum Gasteiger partial charge on any atom is -0.454 e. The predicted molar refractivity (Wildman–Crippen MR) is 163 cm³/mol. The van der Waals surface area contributed by atoms with E-state index in [0.29, 0.717) is 37.1 Å². The highest BCUT2D eigenvalue weighted by Crippen LogP contribution is 2.40. The molecule has 6 rings (SSSR count). The zero-order chi connectivity index (χ0) is 27.3. The summed E-state index contributed by atoms with van der Waals surface area (Å²) >= 11 is 16.4. The molecule has 4 aromatic rings. The molecule has 3 heterocycles. The van der Waals surface area contributed by atoms with E-state index >= 15 is 0 Å². The first kappa shape index (κ1) is 25.9. The third-order valence-electron chi connectivity index (χ3n) is 6.47. The Morgan fingerprint density at radius 1 is 1.15 bits per heavy atom. The van der Waals surface area contributed by atoms with Crippen molar-refractivity contribution in [1.82, 2.24) is 4.57 Å². The number of carbonyl (C=O) groups is 2. The molecule has 0 atom stereocenters. The van der Waals surface area contributed by atoms with Gasteiger partial charge in [0.2, 0.25) is 12.7 Å². The number of para-hydroxylation sites is 1. The minimum atomic E-state index is -0.222. The minimum absolute atomic E-state index is 0.0903. The number of nitrogens with one attached hydrogen (secondary N) is 1. The van der Waals surface area contributed by atoms with Gasteiger partial charge in [-0.3, -0.25) is 14.5 Å². The van der Waals surface area contributed by atoms with Crippen molar-refractivity contribution in [3.8, 4) is 11.5 Å². The first-order valence-electron chi connectivity index (χ1n) is 11.8. The number of ether oxygens (including phenoxy) is 2. The van der Waals surface area contributed by atoms with Crippen molar-refractivity contribution in [3.05, 3.63) is 86.3 Å². The van der Waals surface area contributed by atoms with Crippen LogP contribution in [0.25, 0.3) is 17.0 Å². The molecular formula is C28H19BrClN3O4S2. The summed E-state index contributed by atoms with van der Waals surface area (Å²) < 4.78 is 13.9. The lowest BCUT2D eigenvalue weighted by atomic mass is 10.1. The van der Waals surface area contributed by atoms with Crippen LogP contribution in [-0.4, -0.2) is 27.5 Å². The van der Waals surface area contributed by atoms with E-state index in [4.69, 9.17) is 33.3 Å². The molecule has 1 N–H and O–H groups in total. The second kappa shape index (κ2) is 10.3. The fourth-order valence-electron chi connectivity index (χ4n) is 4.61. The topological polar surface area (TPSA) is 72.8 Å². The van der Waals surface area contributed by atoms with Crippen LogP contribution >= 0.6 is 51.5 Å². The molecule has 0 radical (unpaired) electrons. The van der Waals surface area contributed by atoms with Crippen molar-refractivity contribution >= 4 is 96.0 Å². The van der Waals surface area contributed by atoms with Crippen LogP contribution in [0.2, 0.25) is 5.02 Å². The van der Waals surface area contributed by atoms with E-state index < -0.39 is 0 Å². The van der Waals surface area contributed by atoms with E-state index in [-0.39, 0.29) is 25.2 Å². The van der Waals surface area contributed by atoms with Crippen molar-refractivity contribution in [2.24, 2.45) is 0 Å². The number of anilines is 2. The zero-order valence-corrected chi connectivity index (χ0v) is 24.3. The Labute approximate surface area is 246 Å². The number of hydrogen-bond acceptors (Lipinski definition) is 6. The number of halogens is 2. The predicted octanol–water partition coefficient (Wildman–Crippen LogP) is 7.14. The highest BCUT2D eigenvalue weighted by Gasteiger charge is 2.34. The Kier molecular flexibility index (Phi) is 6.88. The molecule has 7 nitrogen and oxygen atoms in total. The Morgan fingerprint density at radius 3 is 2.77 bits per heavy atom. The molecule has 0 saturated carbocycles. The molecule has 1 saturated heterocycles. The second-order valence-electron chi connectivity index (χ2n) is 8.83. The molecule has 11 heteroatoms. The summed E-state index contributed by atoms with van der Waals surface area (Å²) in [7, 11) is 0. The average molecular weight is 641 g/mol. The maximum absolute atomic E-state index is 13.4. The van der Waals surface area contributed by atoms with Gasteiger partial charge in [-0.1, -0.05) is 53.8 Å². The summed E-state index contributed by atoms with van der Waals surface area (Å²) in [5.74, 6) is 0.835. The van der Waals surface area contributed by atoms with Gasteiger partial charge in [-0.2, -0.15) is 0 Å². The van der Waals surface area contributed by atoms with Crippen LogP contribution < -0.4 is 19.7 Å². The number of thioether (sulfide) groups is 1. The number of nitrogens with zero attached hydrogens (tertiary/aromatic N) is 2. The Balaban J connectivity index is 1.30. The average Bonchev–Trinajstić information content (AvgIpc) is 3.57. The van der Waals surface area contributed by atoms with Crippen LogP contribution in [0, 0.1) is 6.92 Å². The third kappa shape index (κ3) is 4.82. The molecule has 2 aliphatic heterocycles. The fraction of sp³-hybridized carbons (Fsp3) is 0.107. The van der Waals surface area contributed by atoms with Gasteiger partial charge in [-0.25, -0.2) is 0 Å². The summed E-state index contributed by atoms with van der Waals surface area (Å²) in [5.41, 5.74) is 3.82. The Morgan fingerprint density at radius 2 is 1.95 bits per heavy atom. The Bertz CT molecular complexity index is 1740. The number of benzene rings is 3. The Hall–Kier alpha value is -3.31. The number of aromatic nitrogens is 1. The first-order chi connectivity index (χ1) is 18.8. The van der Waals surface area contributed by atoms with Crippen LogP contribution in [0.4, 0.5) is 11.4 Å².